The highest BCUT2D eigenvalue weighted by Gasteiger charge is 2.20. The molecule has 1 aromatic heterocycles. The molecule has 1 heterocycles. The van der Waals surface area contributed by atoms with Gasteiger partial charge in [0.2, 0.25) is 5.78 Å². The van der Waals surface area contributed by atoms with E-state index in [9.17, 15) is 9.59 Å². The number of hydrogen-bond acceptors (Lipinski definition) is 3. The predicted octanol–water partition coefficient (Wildman–Crippen LogP) is 3.72. The second-order valence-electron chi connectivity index (χ2n) is 4.91. The molecule has 0 saturated heterocycles. The quantitative estimate of drug-likeness (QED) is 0.589. The number of H-pyrrole nitrogens is 1. The molecule has 110 valence electrons. The first-order valence-electron chi connectivity index (χ1n) is 7.12. The molecular weight excluding hydrogens is 278 g/mol. The molecule has 22 heavy (non-hydrogen) atoms. The van der Waals surface area contributed by atoms with Crippen LogP contribution in [0.25, 0.3) is 22.2 Å². The van der Waals surface area contributed by atoms with Crippen LogP contribution in [-0.4, -0.2) is 16.7 Å². The summed E-state index contributed by atoms with van der Waals surface area (Å²) in [6.07, 6.45) is 0.127. The van der Waals surface area contributed by atoms with Gasteiger partial charge in [-0.15, -0.1) is 0 Å². The standard InChI is InChI=1S/C18H15NO3/c1-2-15(20)18(21)22-17-13-10-6-7-11-14(13)19-16(17)12-8-4-3-5-9-12/h3-11,19H,2H2,1H3. The van der Waals surface area contributed by atoms with Crippen molar-refractivity contribution in [3.8, 4) is 17.0 Å². The lowest BCUT2D eigenvalue weighted by Gasteiger charge is -2.05. The summed E-state index contributed by atoms with van der Waals surface area (Å²) in [7, 11) is 0. The minimum Gasteiger partial charge on any atom is -0.418 e. The maximum atomic E-state index is 11.9. The highest BCUT2D eigenvalue weighted by molar-refractivity contribution is 6.34. The van der Waals surface area contributed by atoms with Crippen molar-refractivity contribution in [3.63, 3.8) is 0 Å². The van der Waals surface area contributed by atoms with Gasteiger partial charge in [-0.05, 0) is 12.1 Å². The van der Waals surface area contributed by atoms with Crippen LogP contribution in [0.1, 0.15) is 13.3 Å². The number of aromatic amines is 1. The first kappa shape index (κ1) is 14.1. The minimum atomic E-state index is -0.829. The van der Waals surface area contributed by atoms with Crippen molar-refractivity contribution in [1.82, 2.24) is 4.98 Å². The van der Waals surface area contributed by atoms with Gasteiger partial charge >= 0.3 is 5.97 Å². The third kappa shape index (κ3) is 2.51. The number of ether oxygens (including phenoxy) is 1. The topological polar surface area (TPSA) is 59.2 Å². The lowest BCUT2D eigenvalue weighted by atomic mass is 10.1. The summed E-state index contributed by atoms with van der Waals surface area (Å²) in [6.45, 7) is 1.64. The number of nitrogens with one attached hydrogen (secondary N) is 1. The van der Waals surface area contributed by atoms with Crippen LogP contribution in [-0.2, 0) is 9.59 Å². The summed E-state index contributed by atoms with van der Waals surface area (Å²) in [4.78, 5) is 26.7. The van der Waals surface area contributed by atoms with Gasteiger partial charge in [-0.1, -0.05) is 49.4 Å². The number of para-hydroxylation sites is 1. The molecule has 3 aromatic rings. The molecule has 0 amide bonds. The number of esters is 1. The Balaban J connectivity index is 2.14. The van der Waals surface area contributed by atoms with E-state index >= 15 is 0 Å². The van der Waals surface area contributed by atoms with Gasteiger partial charge in [-0.25, -0.2) is 4.79 Å². The zero-order valence-electron chi connectivity index (χ0n) is 12.1. The van der Waals surface area contributed by atoms with Crippen molar-refractivity contribution >= 4 is 22.7 Å². The monoisotopic (exact) mass is 293 g/mol. The number of ketones is 1. The molecule has 0 atom stereocenters. The average molecular weight is 293 g/mol. The van der Waals surface area contributed by atoms with Gasteiger partial charge in [0, 0.05) is 22.9 Å². The summed E-state index contributed by atoms with van der Waals surface area (Å²) < 4.78 is 5.39. The average Bonchev–Trinajstić information content (AvgIpc) is 2.93. The third-order valence-corrected chi connectivity index (χ3v) is 3.46. The lowest BCUT2D eigenvalue weighted by molar-refractivity contribution is -0.146. The maximum absolute atomic E-state index is 11.9. The largest absolute Gasteiger partial charge is 0.418 e. The van der Waals surface area contributed by atoms with Crippen LogP contribution < -0.4 is 4.74 Å². The van der Waals surface area contributed by atoms with Crippen molar-refractivity contribution < 1.29 is 14.3 Å². The van der Waals surface area contributed by atoms with E-state index in [4.69, 9.17) is 4.74 Å². The van der Waals surface area contributed by atoms with Gasteiger partial charge in [-0.2, -0.15) is 0 Å². The van der Waals surface area contributed by atoms with Crippen LogP contribution in [0.5, 0.6) is 5.75 Å². The number of Topliss-reactive ketones (excluding diaryl/α,β-unsaturated/α-hetero) is 1. The number of fused-ring (bicyclic) bond motifs is 1. The molecule has 2 aromatic carbocycles. The van der Waals surface area contributed by atoms with Gasteiger partial charge < -0.3 is 9.72 Å². The van der Waals surface area contributed by atoms with Crippen LogP contribution in [0.4, 0.5) is 0 Å². The van der Waals surface area contributed by atoms with Crippen molar-refractivity contribution in [2.75, 3.05) is 0 Å². The first-order valence-corrected chi connectivity index (χ1v) is 7.12. The molecule has 0 fully saturated rings. The number of carbonyl (C=O) groups excluding carboxylic acids is 2. The molecule has 4 nitrogen and oxygen atoms in total. The normalized spacial score (nSPS) is 10.6. The molecule has 0 bridgehead atoms. The van der Waals surface area contributed by atoms with Gasteiger partial charge in [0.05, 0.1) is 5.69 Å². The Morgan fingerprint density at radius 2 is 1.68 bits per heavy atom. The maximum Gasteiger partial charge on any atom is 0.380 e. The van der Waals surface area contributed by atoms with E-state index in [0.29, 0.717) is 11.4 Å². The number of hydrogen-bond donors (Lipinski definition) is 1. The Morgan fingerprint density at radius 1 is 1.00 bits per heavy atom. The summed E-state index contributed by atoms with van der Waals surface area (Å²) in [5.74, 6) is -0.970. The summed E-state index contributed by atoms with van der Waals surface area (Å²) in [5.41, 5.74) is 2.44. The van der Waals surface area contributed by atoms with Crippen LogP contribution in [0.2, 0.25) is 0 Å². The van der Waals surface area contributed by atoms with Gasteiger partial charge in [0.15, 0.2) is 5.75 Å². The molecule has 4 heteroatoms. The van der Waals surface area contributed by atoms with Gasteiger partial charge in [-0.3, -0.25) is 4.79 Å². The number of aromatic nitrogens is 1. The molecule has 0 spiro atoms. The van der Waals surface area contributed by atoms with E-state index in [2.05, 4.69) is 4.98 Å². The van der Waals surface area contributed by atoms with E-state index in [1.165, 1.54) is 0 Å². The lowest BCUT2D eigenvalue weighted by Crippen LogP contribution is -2.19. The zero-order valence-corrected chi connectivity index (χ0v) is 12.1. The molecule has 0 aliphatic carbocycles. The molecular formula is C18H15NO3. The fourth-order valence-corrected chi connectivity index (χ4v) is 2.32. The Bertz CT molecular complexity index is 834. The number of carbonyl (C=O) groups is 2. The highest BCUT2D eigenvalue weighted by atomic mass is 16.5. The van der Waals surface area contributed by atoms with Crippen LogP contribution in [0, 0.1) is 0 Å². The van der Waals surface area contributed by atoms with E-state index in [1.807, 2.05) is 54.6 Å². The van der Waals surface area contributed by atoms with Crippen LogP contribution in [0.15, 0.2) is 54.6 Å². The molecule has 0 radical (unpaired) electrons. The highest BCUT2D eigenvalue weighted by Crippen LogP contribution is 2.37. The van der Waals surface area contributed by atoms with Crippen molar-refractivity contribution in [2.24, 2.45) is 0 Å². The van der Waals surface area contributed by atoms with Gasteiger partial charge in [0.25, 0.3) is 0 Å². The summed E-state index contributed by atoms with van der Waals surface area (Å²) in [5, 5.41) is 0.776. The predicted molar refractivity (Wildman–Crippen MR) is 84.7 cm³/mol. The fraction of sp³-hybridized carbons (Fsp3) is 0.111. The van der Waals surface area contributed by atoms with Gasteiger partial charge in [0.1, 0.15) is 0 Å². The van der Waals surface area contributed by atoms with Crippen LogP contribution >= 0.6 is 0 Å². The van der Waals surface area contributed by atoms with Crippen molar-refractivity contribution in [3.05, 3.63) is 54.6 Å². The Morgan fingerprint density at radius 3 is 2.41 bits per heavy atom. The van der Waals surface area contributed by atoms with Crippen molar-refractivity contribution in [1.29, 1.82) is 0 Å². The minimum absolute atomic E-state index is 0.127. The zero-order chi connectivity index (χ0) is 15.5. The molecule has 0 unspecified atom stereocenters. The smallest absolute Gasteiger partial charge is 0.380 e. The van der Waals surface area contributed by atoms with Crippen LogP contribution in [0.3, 0.4) is 0 Å². The number of benzene rings is 2. The third-order valence-electron chi connectivity index (χ3n) is 3.46. The molecule has 0 saturated carbocycles. The molecule has 3 rings (SSSR count). The summed E-state index contributed by atoms with van der Waals surface area (Å²) in [6, 6.07) is 17.1. The Labute approximate surface area is 127 Å². The molecule has 0 aliphatic heterocycles. The van der Waals surface area contributed by atoms with E-state index in [0.717, 1.165) is 16.5 Å². The molecule has 1 N–H and O–H groups in total. The van der Waals surface area contributed by atoms with E-state index in [-0.39, 0.29) is 6.42 Å². The Hall–Kier alpha value is -2.88. The Kier molecular flexibility index (Phi) is 3.74. The molecule has 0 aliphatic rings. The second-order valence-corrected chi connectivity index (χ2v) is 4.91. The van der Waals surface area contributed by atoms with Crippen molar-refractivity contribution in [2.45, 2.75) is 13.3 Å². The fourth-order valence-electron chi connectivity index (χ4n) is 2.32. The van der Waals surface area contributed by atoms with E-state index in [1.54, 1.807) is 6.92 Å². The SMILES string of the molecule is CCC(=O)C(=O)Oc1c(-c2ccccc2)[nH]c2ccccc12. The summed E-state index contributed by atoms with van der Waals surface area (Å²) >= 11 is 0. The first-order chi connectivity index (χ1) is 10.7. The number of rotatable bonds is 4. The second kappa shape index (κ2) is 5.85. The van der Waals surface area contributed by atoms with E-state index < -0.39 is 11.8 Å².